The van der Waals surface area contributed by atoms with E-state index in [1.54, 1.807) is 4.90 Å². The van der Waals surface area contributed by atoms with Gasteiger partial charge in [0.25, 0.3) is 0 Å². The van der Waals surface area contributed by atoms with Crippen molar-refractivity contribution < 1.29 is 19.4 Å². The van der Waals surface area contributed by atoms with Gasteiger partial charge in [-0.3, -0.25) is 19.6 Å². The molecule has 1 fully saturated rings. The van der Waals surface area contributed by atoms with E-state index >= 15 is 0 Å². The first kappa shape index (κ1) is 25.0. The maximum absolute atomic E-state index is 13.1. The Bertz CT molecular complexity index is 1210. The molecule has 194 valence electrons. The Labute approximate surface area is 217 Å². The lowest BCUT2D eigenvalue weighted by molar-refractivity contribution is -0.138. The number of carboxylic acids is 1. The third kappa shape index (κ3) is 5.54. The van der Waals surface area contributed by atoms with Gasteiger partial charge < -0.3 is 15.2 Å². The quantitative estimate of drug-likeness (QED) is 0.572. The van der Waals surface area contributed by atoms with Gasteiger partial charge >= 0.3 is 12.0 Å². The molecule has 8 heteroatoms. The number of rotatable bonds is 6. The third-order valence-electron chi connectivity index (χ3n) is 7.39. The van der Waals surface area contributed by atoms with Crippen LogP contribution in [0.15, 0.2) is 59.6 Å². The fraction of sp³-hybridized carbons (Fsp3) is 0.414. The molecule has 0 spiro atoms. The molecule has 2 N–H and O–H groups in total. The topological polar surface area (TPSA) is 94.5 Å². The molecule has 0 aliphatic carbocycles. The molecule has 8 nitrogen and oxygen atoms in total. The number of carbonyl (C=O) groups excluding carboxylic acids is 1. The highest BCUT2D eigenvalue weighted by Gasteiger charge is 2.34. The summed E-state index contributed by atoms with van der Waals surface area (Å²) in [6.07, 6.45) is 6.17. The van der Waals surface area contributed by atoms with E-state index in [4.69, 9.17) is 14.8 Å². The highest BCUT2D eigenvalue weighted by molar-refractivity contribution is 6.11. The van der Waals surface area contributed by atoms with Gasteiger partial charge in [0.2, 0.25) is 0 Å². The summed E-state index contributed by atoms with van der Waals surface area (Å²) in [5.41, 5.74) is 3.53. The number of benzene rings is 2. The summed E-state index contributed by atoms with van der Waals surface area (Å²) in [5.74, 6) is 0.387. The fourth-order valence-corrected chi connectivity index (χ4v) is 5.53. The average Bonchev–Trinajstić information content (AvgIpc) is 3.35. The highest BCUT2D eigenvalue weighted by atomic mass is 16.5. The molecule has 37 heavy (non-hydrogen) atoms. The molecule has 3 aliphatic heterocycles. The summed E-state index contributed by atoms with van der Waals surface area (Å²) in [7, 11) is 0. The van der Waals surface area contributed by atoms with Crippen molar-refractivity contribution in [3.63, 3.8) is 0 Å². The Morgan fingerprint density at radius 2 is 1.97 bits per heavy atom. The monoisotopic (exact) mass is 502 g/mol. The first-order valence-corrected chi connectivity index (χ1v) is 13.1. The number of allylic oxidation sites excluding steroid dienone is 1. The first-order chi connectivity index (χ1) is 17.9. The lowest BCUT2D eigenvalue weighted by Gasteiger charge is -2.34. The van der Waals surface area contributed by atoms with Crippen LogP contribution < -0.4 is 15.0 Å². The summed E-state index contributed by atoms with van der Waals surface area (Å²) < 4.78 is 6.14. The zero-order valence-corrected chi connectivity index (χ0v) is 21.3. The van der Waals surface area contributed by atoms with Gasteiger partial charge in [-0.25, -0.2) is 4.79 Å². The molecule has 4 unspecified atom stereocenters. The Morgan fingerprint density at radius 1 is 1.16 bits per heavy atom. The second-order valence-corrected chi connectivity index (χ2v) is 10.2. The molecular weight excluding hydrogens is 468 g/mol. The van der Waals surface area contributed by atoms with Crippen LogP contribution in [0.2, 0.25) is 0 Å². The standard InChI is InChI=1S/C29H34N4O4/c1-3-21-14-23(16-30-28(21)32-12-11-20(18-32)13-27(34)35)22-9-10-25-26(15-22)37-19(2)17-33(25)29(36)31-24-7-5-4-6-8-24/h4-10,14-16,19-21,28H,3,11-13,17-18H2,1-2H3,(H,31,36)(H,34,35). The van der Waals surface area contributed by atoms with Crippen LogP contribution in [0.3, 0.4) is 0 Å². The molecule has 0 bridgehead atoms. The number of carboxylic acid groups (broad SMARTS) is 1. The Hall–Kier alpha value is -3.65. The number of hydrogen-bond acceptors (Lipinski definition) is 5. The van der Waals surface area contributed by atoms with Crippen molar-refractivity contribution in [1.82, 2.24) is 4.90 Å². The minimum atomic E-state index is -0.728. The van der Waals surface area contributed by atoms with Crippen LogP contribution in [-0.4, -0.2) is 60.1 Å². The van der Waals surface area contributed by atoms with E-state index in [9.17, 15) is 9.59 Å². The van der Waals surface area contributed by atoms with E-state index in [-0.39, 0.29) is 36.6 Å². The lowest BCUT2D eigenvalue weighted by Crippen LogP contribution is -2.44. The van der Waals surface area contributed by atoms with Crippen LogP contribution in [0.1, 0.15) is 38.7 Å². The molecular formula is C29H34N4O4. The number of ether oxygens (including phenoxy) is 1. The van der Waals surface area contributed by atoms with E-state index in [1.807, 2.05) is 61.7 Å². The van der Waals surface area contributed by atoms with Crippen LogP contribution >= 0.6 is 0 Å². The predicted octanol–water partition coefficient (Wildman–Crippen LogP) is 5.12. The van der Waals surface area contributed by atoms with Gasteiger partial charge in [-0.05, 0) is 61.1 Å². The van der Waals surface area contributed by atoms with Crippen molar-refractivity contribution in [3.05, 3.63) is 60.2 Å². The maximum atomic E-state index is 13.1. The number of aliphatic carboxylic acids is 1. The Morgan fingerprint density at radius 3 is 2.73 bits per heavy atom. The van der Waals surface area contributed by atoms with Crippen molar-refractivity contribution in [1.29, 1.82) is 0 Å². The molecule has 2 amide bonds. The maximum Gasteiger partial charge on any atom is 0.326 e. The summed E-state index contributed by atoms with van der Waals surface area (Å²) in [5, 5.41) is 12.1. The number of dihydropyridines is 1. The number of amides is 2. The van der Waals surface area contributed by atoms with Crippen LogP contribution in [0.25, 0.3) is 5.57 Å². The van der Waals surface area contributed by atoms with Crippen molar-refractivity contribution >= 4 is 35.2 Å². The van der Waals surface area contributed by atoms with Crippen LogP contribution in [0, 0.1) is 11.8 Å². The van der Waals surface area contributed by atoms with Gasteiger partial charge in [0, 0.05) is 37.3 Å². The van der Waals surface area contributed by atoms with Crippen LogP contribution in [0.5, 0.6) is 5.75 Å². The van der Waals surface area contributed by atoms with Gasteiger partial charge in [0.05, 0.1) is 12.2 Å². The minimum absolute atomic E-state index is 0.0404. The molecule has 1 saturated heterocycles. The number of anilines is 2. The molecule has 0 radical (unpaired) electrons. The summed E-state index contributed by atoms with van der Waals surface area (Å²) in [6, 6.07) is 15.2. The van der Waals surface area contributed by atoms with Crippen LogP contribution in [0.4, 0.5) is 16.2 Å². The van der Waals surface area contributed by atoms with Gasteiger partial charge in [0.15, 0.2) is 0 Å². The number of nitrogens with zero attached hydrogens (tertiary/aromatic N) is 3. The second kappa shape index (κ2) is 10.8. The lowest BCUT2D eigenvalue weighted by atomic mass is 9.92. The van der Waals surface area contributed by atoms with Crippen molar-refractivity contribution in [3.8, 4) is 5.75 Å². The molecule has 2 aromatic carbocycles. The van der Waals surface area contributed by atoms with E-state index in [0.717, 1.165) is 48.4 Å². The number of hydrogen-bond donors (Lipinski definition) is 2. The fourth-order valence-electron chi connectivity index (χ4n) is 5.53. The highest BCUT2D eigenvalue weighted by Crippen LogP contribution is 2.38. The zero-order valence-electron chi connectivity index (χ0n) is 21.3. The van der Waals surface area contributed by atoms with Gasteiger partial charge in [-0.2, -0.15) is 0 Å². The second-order valence-electron chi connectivity index (χ2n) is 10.2. The predicted molar refractivity (Wildman–Crippen MR) is 145 cm³/mol. The summed E-state index contributed by atoms with van der Waals surface area (Å²) in [6.45, 7) is 6.25. The van der Waals surface area contributed by atoms with E-state index < -0.39 is 5.97 Å². The number of nitrogens with one attached hydrogen (secondary N) is 1. The zero-order chi connectivity index (χ0) is 25.9. The molecule has 0 saturated carbocycles. The molecule has 3 aliphatic rings. The number of likely N-dealkylation sites (tertiary alicyclic amines) is 1. The van der Waals surface area contributed by atoms with Gasteiger partial charge in [-0.1, -0.05) is 37.3 Å². The molecule has 4 atom stereocenters. The van der Waals surface area contributed by atoms with Crippen molar-refractivity contribution in [2.24, 2.45) is 16.8 Å². The van der Waals surface area contributed by atoms with Gasteiger partial charge in [0.1, 0.15) is 18.0 Å². The number of urea groups is 1. The minimum Gasteiger partial charge on any atom is -0.487 e. The molecule has 2 aromatic rings. The Kier molecular flexibility index (Phi) is 7.28. The van der Waals surface area contributed by atoms with E-state index in [0.29, 0.717) is 12.3 Å². The largest absolute Gasteiger partial charge is 0.487 e. The van der Waals surface area contributed by atoms with Gasteiger partial charge in [-0.15, -0.1) is 0 Å². The normalized spacial score (nSPS) is 25.2. The van der Waals surface area contributed by atoms with E-state index in [1.165, 1.54) is 0 Å². The summed E-state index contributed by atoms with van der Waals surface area (Å²) in [4.78, 5) is 33.2. The average molecular weight is 503 g/mol. The molecule has 0 aromatic heterocycles. The van der Waals surface area contributed by atoms with Crippen molar-refractivity contribution in [2.45, 2.75) is 45.4 Å². The molecule has 5 rings (SSSR count). The van der Waals surface area contributed by atoms with Crippen LogP contribution in [-0.2, 0) is 4.79 Å². The number of fused-ring (bicyclic) bond motifs is 1. The smallest absolute Gasteiger partial charge is 0.326 e. The molecule has 3 heterocycles. The number of para-hydroxylation sites is 1. The van der Waals surface area contributed by atoms with E-state index in [2.05, 4.69) is 23.2 Å². The summed E-state index contributed by atoms with van der Waals surface area (Å²) >= 11 is 0. The van der Waals surface area contributed by atoms with Crippen molar-refractivity contribution in [2.75, 3.05) is 29.9 Å². The third-order valence-corrected chi connectivity index (χ3v) is 7.39. The number of carbonyl (C=O) groups is 2. The SMILES string of the molecule is CCC1C=C(c2ccc3c(c2)OC(C)CN3C(=O)Nc2ccccc2)C=NC1N1CCC(CC(=O)O)C1. The Balaban J connectivity index is 1.33. The first-order valence-electron chi connectivity index (χ1n) is 13.1. The number of aliphatic imine (C=N–C) groups is 1.